The minimum atomic E-state index is -0.459. The molecule has 1 fully saturated rings. The highest BCUT2D eigenvalue weighted by Crippen LogP contribution is 2.39. The van der Waals surface area contributed by atoms with Gasteiger partial charge in [-0.25, -0.2) is 0 Å². The lowest BCUT2D eigenvalue weighted by molar-refractivity contribution is -0.123. The molecule has 1 aliphatic rings. The van der Waals surface area contributed by atoms with Crippen LogP contribution in [0.15, 0.2) is 76.1 Å². The molecule has 7 nitrogen and oxygen atoms in total. The van der Waals surface area contributed by atoms with E-state index in [1.54, 1.807) is 50.6 Å². The van der Waals surface area contributed by atoms with Gasteiger partial charge in [0.2, 0.25) is 0 Å². The molecule has 0 atom stereocenters. The third-order valence-corrected chi connectivity index (χ3v) is 7.03. The summed E-state index contributed by atoms with van der Waals surface area (Å²) in [4.78, 5) is 26.0. The van der Waals surface area contributed by atoms with Gasteiger partial charge in [-0.05, 0) is 81.7 Å². The predicted molar refractivity (Wildman–Crippen MR) is 147 cm³/mol. The molecule has 1 saturated heterocycles. The highest BCUT2D eigenvalue weighted by atomic mass is 79.9. The molecule has 2 amide bonds. The first kappa shape index (κ1) is 25.7. The van der Waals surface area contributed by atoms with Crippen LogP contribution in [0.2, 0.25) is 0 Å². The zero-order valence-corrected chi connectivity index (χ0v) is 22.5. The summed E-state index contributed by atoms with van der Waals surface area (Å²) in [7, 11) is 3.09. The number of hydrazine groups is 1. The molecule has 0 unspecified atom stereocenters. The van der Waals surface area contributed by atoms with Gasteiger partial charge in [0.1, 0.15) is 12.4 Å². The largest absolute Gasteiger partial charge is 0.497 e. The van der Waals surface area contributed by atoms with Crippen LogP contribution in [-0.4, -0.2) is 35.4 Å². The smallest absolute Gasteiger partial charge is 0.285 e. The number of carbonyl (C=O) groups is 2. The Morgan fingerprint density at radius 2 is 1.81 bits per heavy atom. The van der Waals surface area contributed by atoms with Crippen LogP contribution < -0.4 is 19.6 Å². The standard InChI is InChI=1S/C26H21BrN2O5S2/c1-32-19-10-8-18(9-11-19)24(30)28-29-25(31)22(36-26(29)35)14-17-12-20(27)23(21(13-17)33-2)34-15-16-6-4-3-5-7-16/h3-14H,15H2,1-2H3,(H,28,30)/b22-14+. The van der Waals surface area contributed by atoms with Crippen molar-refractivity contribution in [2.75, 3.05) is 14.2 Å². The number of hydrogen-bond donors (Lipinski definition) is 1. The molecule has 184 valence electrons. The molecule has 4 rings (SSSR count). The van der Waals surface area contributed by atoms with Gasteiger partial charge in [-0.3, -0.25) is 15.0 Å². The Hall–Kier alpha value is -3.34. The number of nitrogens with one attached hydrogen (secondary N) is 1. The van der Waals surface area contributed by atoms with E-state index in [9.17, 15) is 9.59 Å². The maximum Gasteiger partial charge on any atom is 0.285 e. The second-order valence-electron chi connectivity index (χ2n) is 7.49. The second kappa shape index (κ2) is 11.6. The van der Waals surface area contributed by atoms with Crippen LogP contribution in [0, 0.1) is 0 Å². The molecule has 3 aromatic rings. The van der Waals surface area contributed by atoms with Gasteiger partial charge in [0.15, 0.2) is 15.8 Å². The van der Waals surface area contributed by atoms with Crippen molar-refractivity contribution in [2.45, 2.75) is 6.61 Å². The SMILES string of the molecule is COc1ccc(C(=O)NN2C(=O)/C(=C\c3cc(Br)c(OCc4ccccc4)c(OC)c3)SC2=S)cc1. The molecule has 0 radical (unpaired) electrons. The molecule has 0 saturated carbocycles. The number of thioether (sulfide) groups is 1. The summed E-state index contributed by atoms with van der Waals surface area (Å²) in [5.41, 5.74) is 4.67. The molecule has 1 N–H and O–H groups in total. The fourth-order valence-corrected chi connectivity index (χ4v) is 5.07. The van der Waals surface area contributed by atoms with E-state index in [0.717, 1.165) is 22.3 Å². The highest BCUT2D eigenvalue weighted by Gasteiger charge is 2.34. The third kappa shape index (κ3) is 5.89. The van der Waals surface area contributed by atoms with Crippen molar-refractivity contribution >= 4 is 62.1 Å². The molecule has 1 aliphatic heterocycles. The Kier molecular flexibility index (Phi) is 8.29. The van der Waals surface area contributed by atoms with Crippen LogP contribution in [-0.2, 0) is 11.4 Å². The summed E-state index contributed by atoms with van der Waals surface area (Å²) < 4.78 is 17.5. The first-order valence-electron chi connectivity index (χ1n) is 10.7. The van der Waals surface area contributed by atoms with Crippen LogP contribution in [0.5, 0.6) is 17.2 Å². The van der Waals surface area contributed by atoms with Crippen molar-refractivity contribution in [3.8, 4) is 17.2 Å². The van der Waals surface area contributed by atoms with Crippen molar-refractivity contribution in [1.29, 1.82) is 0 Å². The highest BCUT2D eigenvalue weighted by molar-refractivity contribution is 9.10. The van der Waals surface area contributed by atoms with Gasteiger partial charge in [0.25, 0.3) is 11.8 Å². The van der Waals surface area contributed by atoms with Gasteiger partial charge >= 0.3 is 0 Å². The van der Waals surface area contributed by atoms with Crippen molar-refractivity contribution < 1.29 is 23.8 Å². The molecular formula is C26H21BrN2O5S2. The van der Waals surface area contributed by atoms with Crippen LogP contribution in [0.3, 0.4) is 0 Å². The molecule has 0 bridgehead atoms. The van der Waals surface area contributed by atoms with E-state index in [0.29, 0.717) is 44.4 Å². The topological polar surface area (TPSA) is 77.1 Å². The predicted octanol–water partition coefficient (Wildman–Crippen LogP) is 5.59. The van der Waals surface area contributed by atoms with Crippen LogP contribution in [0.1, 0.15) is 21.5 Å². The van der Waals surface area contributed by atoms with E-state index < -0.39 is 11.8 Å². The number of halogens is 1. The lowest BCUT2D eigenvalue weighted by Crippen LogP contribution is -2.44. The molecule has 1 heterocycles. The normalized spacial score (nSPS) is 14.2. The Bertz CT molecular complexity index is 1330. The number of nitrogens with zero attached hydrogens (tertiary/aromatic N) is 1. The Balaban J connectivity index is 1.49. The summed E-state index contributed by atoms with van der Waals surface area (Å²) in [6.45, 7) is 0.377. The summed E-state index contributed by atoms with van der Waals surface area (Å²) in [5.74, 6) is 0.803. The summed E-state index contributed by atoms with van der Waals surface area (Å²) in [6.07, 6.45) is 1.69. The van der Waals surface area contributed by atoms with Crippen LogP contribution in [0.4, 0.5) is 0 Å². The fraction of sp³-hybridized carbons (Fsp3) is 0.115. The first-order valence-corrected chi connectivity index (χ1v) is 12.7. The average Bonchev–Trinajstić information content (AvgIpc) is 3.15. The quantitative estimate of drug-likeness (QED) is 0.273. The van der Waals surface area contributed by atoms with Gasteiger partial charge in [-0.2, -0.15) is 5.01 Å². The van der Waals surface area contributed by atoms with Gasteiger partial charge in [-0.15, -0.1) is 0 Å². The number of methoxy groups -OCH3 is 2. The van der Waals surface area contributed by atoms with Gasteiger partial charge in [0, 0.05) is 5.56 Å². The zero-order chi connectivity index (χ0) is 25.7. The number of hydrogen-bond acceptors (Lipinski definition) is 7. The maximum absolute atomic E-state index is 13.0. The van der Waals surface area contributed by atoms with E-state index in [4.69, 9.17) is 26.4 Å². The summed E-state index contributed by atoms with van der Waals surface area (Å²) >= 11 is 9.97. The van der Waals surface area contributed by atoms with Crippen LogP contribution >= 0.6 is 39.9 Å². The van der Waals surface area contributed by atoms with E-state index >= 15 is 0 Å². The first-order chi connectivity index (χ1) is 17.4. The number of carbonyl (C=O) groups excluding carboxylic acids is 2. The lowest BCUT2D eigenvalue weighted by Gasteiger charge is -2.15. The van der Waals surface area contributed by atoms with Gasteiger partial charge in [-0.1, -0.05) is 42.1 Å². The Labute approximate surface area is 226 Å². The summed E-state index contributed by atoms with van der Waals surface area (Å²) in [5, 5.41) is 1.07. The minimum absolute atomic E-state index is 0.224. The van der Waals surface area contributed by atoms with Gasteiger partial charge < -0.3 is 14.2 Å². The Morgan fingerprint density at radius 3 is 2.47 bits per heavy atom. The lowest BCUT2D eigenvalue weighted by atomic mass is 10.1. The number of benzene rings is 3. The number of amides is 2. The van der Waals surface area contributed by atoms with E-state index in [1.807, 2.05) is 36.4 Å². The van der Waals surface area contributed by atoms with Crippen molar-refractivity contribution in [3.05, 3.63) is 92.8 Å². The molecule has 3 aromatic carbocycles. The van der Waals surface area contributed by atoms with Crippen molar-refractivity contribution in [2.24, 2.45) is 0 Å². The van der Waals surface area contributed by atoms with E-state index in [1.165, 1.54) is 0 Å². The number of ether oxygens (including phenoxy) is 3. The molecular weight excluding hydrogens is 564 g/mol. The maximum atomic E-state index is 13.0. The molecule has 0 aliphatic carbocycles. The van der Waals surface area contributed by atoms with E-state index in [-0.39, 0.29) is 4.32 Å². The van der Waals surface area contributed by atoms with Crippen molar-refractivity contribution in [1.82, 2.24) is 10.4 Å². The molecule has 0 aromatic heterocycles. The van der Waals surface area contributed by atoms with Gasteiger partial charge in [0.05, 0.1) is 23.6 Å². The molecule has 0 spiro atoms. The fourth-order valence-electron chi connectivity index (χ4n) is 3.32. The van der Waals surface area contributed by atoms with E-state index in [2.05, 4.69) is 21.4 Å². The number of thiocarbonyl (C=S) groups is 1. The number of rotatable bonds is 8. The Morgan fingerprint density at radius 1 is 1.08 bits per heavy atom. The minimum Gasteiger partial charge on any atom is -0.497 e. The summed E-state index contributed by atoms with van der Waals surface area (Å²) in [6, 6.07) is 19.9. The monoisotopic (exact) mass is 584 g/mol. The van der Waals surface area contributed by atoms with Crippen LogP contribution in [0.25, 0.3) is 6.08 Å². The second-order valence-corrected chi connectivity index (χ2v) is 10.0. The zero-order valence-electron chi connectivity index (χ0n) is 19.3. The molecule has 36 heavy (non-hydrogen) atoms. The third-order valence-electron chi connectivity index (χ3n) is 5.13. The van der Waals surface area contributed by atoms with Crippen molar-refractivity contribution in [3.63, 3.8) is 0 Å². The molecule has 10 heteroatoms. The average molecular weight is 586 g/mol.